The molecule has 1 nitrogen and oxygen atoms in total. The molecule has 2 aliphatic carbocycles. The topological polar surface area (TPSA) is 9.23 Å². The summed E-state index contributed by atoms with van der Waals surface area (Å²) in [6.07, 6.45) is 6.19. The summed E-state index contributed by atoms with van der Waals surface area (Å²) >= 11 is 0. The molecule has 4 rings (SSSR count). The van der Waals surface area contributed by atoms with Crippen molar-refractivity contribution in [1.29, 1.82) is 0 Å². The van der Waals surface area contributed by atoms with E-state index in [2.05, 4.69) is 13.8 Å². The van der Waals surface area contributed by atoms with Gasteiger partial charge in [-0.25, -0.2) is 4.39 Å². The van der Waals surface area contributed by atoms with E-state index >= 15 is 0 Å². The quantitative estimate of drug-likeness (QED) is 0.716. The lowest BCUT2D eigenvalue weighted by molar-refractivity contribution is 0.268. The monoisotopic (exact) mass is 314 g/mol. The van der Waals surface area contributed by atoms with Crippen LogP contribution in [0, 0.1) is 17.2 Å². The van der Waals surface area contributed by atoms with E-state index in [9.17, 15) is 8.78 Å². The third-order valence-electron chi connectivity index (χ3n) is 5.43. The lowest BCUT2D eigenvalue weighted by Gasteiger charge is -2.36. The maximum absolute atomic E-state index is 13.7. The molecule has 0 amide bonds. The zero-order chi connectivity index (χ0) is 16.2. The second-order valence-corrected chi connectivity index (χ2v) is 6.84. The Hall–Kier alpha value is -1.90. The molecule has 1 heterocycles. The number of halogens is 2. The average Bonchev–Trinajstić information content (AvgIpc) is 2.85. The van der Waals surface area contributed by atoms with Gasteiger partial charge in [0.05, 0.1) is 12.1 Å². The molecule has 0 N–H and O–H groups in total. The predicted molar refractivity (Wildman–Crippen MR) is 86.8 cm³/mol. The summed E-state index contributed by atoms with van der Waals surface area (Å²) in [5.74, 6) is 1.36. The lowest BCUT2D eigenvalue weighted by atomic mass is 9.65. The molecule has 1 aromatic rings. The van der Waals surface area contributed by atoms with E-state index < -0.39 is 0 Å². The molecule has 1 aliphatic heterocycles. The Balaban J connectivity index is 1.93. The van der Waals surface area contributed by atoms with Crippen molar-refractivity contribution in [2.24, 2.45) is 11.3 Å². The van der Waals surface area contributed by atoms with E-state index in [4.69, 9.17) is 4.74 Å². The molecule has 0 fully saturated rings. The molecular formula is C20H20F2O. The van der Waals surface area contributed by atoms with Crippen molar-refractivity contribution in [1.82, 2.24) is 0 Å². The highest BCUT2D eigenvalue weighted by Crippen LogP contribution is 2.57. The Morgan fingerprint density at radius 1 is 1.35 bits per heavy atom. The summed E-state index contributed by atoms with van der Waals surface area (Å²) in [6, 6.07) is 4.98. The minimum absolute atomic E-state index is 0.113. The number of benzene rings is 1. The van der Waals surface area contributed by atoms with Crippen LogP contribution < -0.4 is 0 Å². The lowest BCUT2D eigenvalue weighted by Crippen LogP contribution is -2.31. The smallest absolute Gasteiger partial charge is 0.127 e. The number of ether oxygens (including phenoxy) is 1. The third-order valence-corrected chi connectivity index (χ3v) is 5.43. The Bertz CT molecular complexity index is 772. The van der Waals surface area contributed by atoms with Crippen LogP contribution in [0.1, 0.15) is 37.8 Å². The number of hydrogen-bond acceptors (Lipinski definition) is 1. The Morgan fingerprint density at radius 2 is 2.17 bits per heavy atom. The number of allylic oxidation sites excluding steroid dienone is 4. The van der Waals surface area contributed by atoms with Gasteiger partial charge in [0, 0.05) is 5.92 Å². The van der Waals surface area contributed by atoms with Crippen molar-refractivity contribution in [2.45, 2.75) is 33.1 Å². The molecule has 3 aliphatic rings. The summed E-state index contributed by atoms with van der Waals surface area (Å²) in [4.78, 5) is 0. The van der Waals surface area contributed by atoms with Crippen molar-refractivity contribution in [2.75, 3.05) is 6.67 Å². The van der Waals surface area contributed by atoms with Crippen molar-refractivity contribution >= 4 is 5.57 Å². The summed E-state index contributed by atoms with van der Waals surface area (Å²) < 4.78 is 33.5. The van der Waals surface area contributed by atoms with Gasteiger partial charge in [-0.1, -0.05) is 19.1 Å². The van der Waals surface area contributed by atoms with E-state index in [1.165, 1.54) is 6.07 Å². The highest BCUT2D eigenvalue weighted by Gasteiger charge is 2.50. The first-order chi connectivity index (χ1) is 11.1. The van der Waals surface area contributed by atoms with Crippen molar-refractivity contribution in [3.63, 3.8) is 0 Å². The van der Waals surface area contributed by atoms with Crippen LogP contribution in [0.2, 0.25) is 0 Å². The van der Waals surface area contributed by atoms with Gasteiger partial charge in [0.15, 0.2) is 0 Å². The van der Waals surface area contributed by atoms with Crippen molar-refractivity contribution in [3.05, 3.63) is 64.4 Å². The fraction of sp³-hybridized carbons (Fsp3) is 0.400. The van der Waals surface area contributed by atoms with Gasteiger partial charge in [-0.15, -0.1) is 0 Å². The van der Waals surface area contributed by atoms with E-state index in [1.807, 2.05) is 18.2 Å². The summed E-state index contributed by atoms with van der Waals surface area (Å²) in [5.41, 5.74) is 3.89. The van der Waals surface area contributed by atoms with Crippen molar-refractivity contribution in [3.8, 4) is 0 Å². The second-order valence-electron chi connectivity index (χ2n) is 6.84. The first-order valence-corrected chi connectivity index (χ1v) is 8.26. The summed E-state index contributed by atoms with van der Waals surface area (Å²) in [7, 11) is 0. The van der Waals surface area contributed by atoms with Crippen molar-refractivity contribution < 1.29 is 13.5 Å². The zero-order valence-corrected chi connectivity index (χ0v) is 13.5. The molecular weight excluding hydrogens is 294 g/mol. The van der Waals surface area contributed by atoms with Crippen LogP contribution in [-0.2, 0) is 11.2 Å². The Morgan fingerprint density at radius 3 is 2.91 bits per heavy atom. The molecule has 1 aromatic carbocycles. The average molecular weight is 314 g/mol. The molecule has 3 heteroatoms. The maximum atomic E-state index is 13.7. The van der Waals surface area contributed by atoms with E-state index in [0.717, 1.165) is 53.1 Å². The van der Waals surface area contributed by atoms with Crippen LogP contribution in [0.25, 0.3) is 5.57 Å². The van der Waals surface area contributed by atoms with Gasteiger partial charge in [-0.05, 0) is 66.7 Å². The normalized spacial score (nSPS) is 28.4. The number of rotatable bonds is 2. The molecule has 0 saturated carbocycles. The Labute approximate surface area is 135 Å². The van der Waals surface area contributed by atoms with Gasteiger partial charge in [0.1, 0.15) is 17.3 Å². The second kappa shape index (κ2) is 5.05. The molecule has 23 heavy (non-hydrogen) atoms. The first kappa shape index (κ1) is 14.7. The van der Waals surface area contributed by atoms with Gasteiger partial charge in [0.25, 0.3) is 0 Å². The minimum Gasteiger partial charge on any atom is -0.460 e. The van der Waals surface area contributed by atoms with Crippen LogP contribution in [-0.4, -0.2) is 6.67 Å². The van der Waals surface area contributed by atoms with Crippen LogP contribution in [0.4, 0.5) is 8.78 Å². The van der Waals surface area contributed by atoms with E-state index in [0.29, 0.717) is 0 Å². The standard InChI is InChI=1S/C20H20F2O/c1-3-15-16-9-14(22)8-7-12(16)10-20(2)18-13(11-21)5-4-6-17(18)23-19(15)20/h4,6-9,13H,3,5,10-11H2,1-2H3. The molecule has 0 aromatic heterocycles. The fourth-order valence-corrected chi connectivity index (χ4v) is 4.45. The molecule has 0 radical (unpaired) electrons. The van der Waals surface area contributed by atoms with Gasteiger partial charge < -0.3 is 4.74 Å². The number of alkyl halides is 1. The zero-order valence-electron chi connectivity index (χ0n) is 13.5. The predicted octanol–water partition coefficient (Wildman–Crippen LogP) is 5.34. The third kappa shape index (κ3) is 1.95. The summed E-state index contributed by atoms with van der Waals surface area (Å²) in [6.45, 7) is 3.84. The largest absolute Gasteiger partial charge is 0.460 e. The van der Waals surface area contributed by atoms with Crippen LogP contribution in [0.3, 0.4) is 0 Å². The van der Waals surface area contributed by atoms with Crippen LogP contribution >= 0.6 is 0 Å². The fourth-order valence-electron chi connectivity index (χ4n) is 4.45. The maximum Gasteiger partial charge on any atom is 0.127 e. The molecule has 0 spiro atoms. The van der Waals surface area contributed by atoms with Crippen LogP contribution in [0.5, 0.6) is 0 Å². The van der Waals surface area contributed by atoms with Gasteiger partial charge in [-0.2, -0.15) is 0 Å². The Kier molecular flexibility index (Phi) is 3.22. The molecule has 0 bridgehead atoms. The molecule has 120 valence electrons. The summed E-state index contributed by atoms with van der Waals surface area (Å²) in [5, 5.41) is 0. The highest BCUT2D eigenvalue weighted by molar-refractivity contribution is 5.76. The molecule has 2 unspecified atom stereocenters. The SMILES string of the molecule is CCC1=C2OC3=C(C(CF)CC=C3)C2(C)Cc2ccc(F)cc21. The van der Waals surface area contributed by atoms with Crippen LogP contribution in [0.15, 0.2) is 47.4 Å². The van der Waals surface area contributed by atoms with E-state index in [-0.39, 0.29) is 23.8 Å². The van der Waals surface area contributed by atoms with Gasteiger partial charge in [0.2, 0.25) is 0 Å². The minimum atomic E-state index is -0.368. The van der Waals surface area contributed by atoms with Gasteiger partial charge in [-0.3, -0.25) is 4.39 Å². The first-order valence-electron chi connectivity index (χ1n) is 8.26. The highest BCUT2D eigenvalue weighted by atomic mass is 19.1. The molecule has 2 atom stereocenters. The number of fused-ring (bicyclic) bond motifs is 3. The van der Waals surface area contributed by atoms with Gasteiger partial charge >= 0.3 is 0 Å². The molecule has 0 saturated heterocycles. The van der Waals surface area contributed by atoms with E-state index in [1.54, 1.807) is 6.07 Å². The number of hydrogen-bond donors (Lipinski definition) is 0.